The molecule has 1 saturated heterocycles. The molecule has 1 fully saturated rings. The standard InChI is InChI=1S/C21H22ClN3O2/c22-19-8-4-3-7-18(19)14-24-11-12-25(21(24)27)15-20(26)23-10-9-16-5-1-2-6-17(16)13-23/h1-8H,9-15H2. The van der Waals surface area contributed by atoms with Crippen molar-refractivity contribution in [3.63, 3.8) is 0 Å². The predicted octanol–water partition coefficient (Wildman–Crippen LogP) is 3.16. The first-order valence-electron chi connectivity index (χ1n) is 9.23. The molecular formula is C21H22ClN3O2. The van der Waals surface area contributed by atoms with Crippen LogP contribution in [0.4, 0.5) is 4.79 Å². The number of fused-ring (bicyclic) bond motifs is 1. The summed E-state index contributed by atoms with van der Waals surface area (Å²) in [6.07, 6.45) is 0.870. The molecule has 5 nitrogen and oxygen atoms in total. The van der Waals surface area contributed by atoms with E-state index in [2.05, 4.69) is 12.1 Å². The number of carbonyl (C=O) groups excluding carboxylic acids is 2. The molecule has 0 saturated carbocycles. The van der Waals surface area contributed by atoms with Crippen molar-refractivity contribution in [2.75, 3.05) is 26.2 Å². The largest absolute Gasteiger partial charge is 0.336 e. The summed E-state index contributed by atoms with van der Waals surface area (Å²) in [7, 11) is 0. The van der Waals surface area contributed by atoms with Gasteiger partial charge in [-0.05, 0) is 29.2 Å². The van der Waals surface area contributed by atoms with E-state index in [1.165, 1.54) is 11.1 Å². The summed E-state index contributed by atoms with van der Waals surface area (Å²) in [4.78, 5) is 30.6. The lowest BCUT2D eigenvalue weighted by molar-refractivity contribution is -0.132. The zero-order valence-corrected chi connectivity index (χ0v) is 15.9. The van der Waals surface area contributed by atoms with Crippen LogP contribution in [0.2, 0.25) is 5.02 Å². The van der Waals surface area contributed by atoms with Crippen LogP contribution >= 0.6 is 11.6 Å². The van der Waals surface area contributed by atoms with E-state index in [0.717, 1.165) is 12.0 Å². The van der Waals surface area contributed by atoms with Crippen LogP contribution in [-0.2, 0) is 24.3 Å². The van der Waals surface area contributed by atoms with Crippen molar-refractivity contribution in [1.29, 1.82) is 0 Å². The minimum Gasteiger partial charge on any atom is -0.336 e. The first-order chi connectivity index (χ1) is 13.1. The number of hydrogen-bond donors (Lipinski definition) is 0. The fourth-order valence-electron chi connectivity index (χ4n) is 3.73. The normalized spacial score (nSPS) is 16.6. The van der Waals surface area contributed by atoms with E-state index in [-0.39, 0.29) is 18.5 Å². The second kappa shape index (κ2) is 7.61. The highest BCUT2D eigenvalue weighted by Gasteiger charge is 2.31. The fourth-order valence-corrected chi connectivity index (χ4v) is 3.93. The Labute approximate surface area is 164 Å². The van der Waals surface area contributed by atoms with Gasteiger partial charge >= 0.3 is 6.03 Å². The minimum atomic E-state index is -0.0966. The smallest absolute Gasteiger partial charge is 0.320 e. The van der Waals surface area contributed by atoms with Gasteiger partial charge in [0.1, 0.15) is 6.54 Å². The van der Waals surface area contributed by atoms with Gasteiger partial charge in [0.2, 0.25) is 5.91 Å². The summed E-state index contributed by atoms with van der Waals surface area (Å²) >= 11 is 6.20. The van der Waals surface area contributed by atoms with Gasteiger partial charge in [-0.15, -0.1) is 0 Å². The number of carbonyl (C=O) groups is 2. The van der Waals surface area contributed by atoms with Gasteiger partial charge in [-0.3, -0.25) is 4.79 Å². The molecule has 0 radical (unpaired) electrons. The number of nitrogens with zero attached hydrogens (tertiary/aromatic N) is 3. The summed E-state index contributed by atoms with van der Waals surface area (Å²) in [5.74, 6) is 0.0115. The third-order valence-electron chi connectivity index (χ3n) is 5.31. The number of halogens is 1. The highest BCUT2D eigenvalue weighted by atomic mass is 35.5. The second-order valence-corrected chi connectivity index (χ2v) is 7.46. The van der Waals surface area contributed by atoms with E-state index >= 15 is 0 Å². The number of hydrogen-bond acceptors (Lipinski definition) is 2. The van der Waals surface area contributed by atoms with Crippen molar-refractivity contribution in [2.45, 2.75) is 19.5 Å². The molecule has 0 spiro atoms. The lowest BCUT2D eigenvalue weighted by Crippen LogP contribution is -2.44. The maximum atomic E-state index is 12.7. The summed E-state index contributed by atoms with van der Waals surface area (Å²) in [5, 5.41) is 0.659. The summed E-state index contributed by atoms with van der Waals surface area (Å²) in [6.45, 7) is 3.13. The average Bonchev–Trinajstić information content (AvgIpc) is 3.03. The van der Waals surface area contributed by atoms with Crippen LogP contribution in [0.5, 0.6) is 0 Å². The van der Waals surface area contributed by atoms with Gasteiger partial charge in [0.05, 0.1) is 0 Å². The molecule has 3 amide bonds. The number of rotatable bonds is 4. The molecule has 0 aromatic heterocycles. The minimum absolute atomic E-state index is 0.0115. The Kier molecular flexibility index (Phi) is 5.03. The third kappa shape index (κ3) is 3.78. The molecule has 140 valence electrons. The predicted molar refractivity (Wildman–Crippen MR) is 104 cm³/mol. The van der Waals surface area contributed by atoms with Gasteiger partial charge in [-0.1, -0.05) is 54.1 Å². The molecule has 27 heavy (non-hydrogen) atoms. The summed E-state index contributed by atoms with van der Waals surface area (Å²) in [6, 6.07) is 15.7. The third-order valence-corrected chi connectivity index (χ3v) is 5.68. The Hall–Kier alpha value is -2.53. The quantitative estimate of drug-likeness (QED) is 0.814. The van der Waals surface area contributed by atoms with E-state index in [0.29, 0.717) is 37.7 Å². The molecule has 2 aromatic rings. The van der Waals surface area contributed by atoms with E-state index in [1.807, 2.05) is 41.3 Å². The Morgan fingerprint density at radius 1 is 0.926 bits per heavy atom. The lowest BCUT2D eigenvalue weighted by Gasteiger charge is -2.30. The molecule has 4 rings (SSSR count). The molecule has 6 heteroatoms. The SMILES string of the molecule is O=C(CN1CCN(Cc2ccccc2Cl)C1=O)N1CCc2ccccc2C1. The van der Waals surface area contributed by atoms with Gasteiger partial charge in [0.15, 0.2) is 0 Å². The van der Waals surface area contributed by atoms with E-state index in [4.69, 9.17) is 11.6 Å². The van der Waals surface area contributed by atoms with Gasteiger partial charge in [-0.2, -0.15) is 0 Å². The summed E-state index contributed by atoms with van der Waals surface area (Å²) < 4.78 is 0. The summed E-state index contributed by atoms with van der Waals surface area (Å²) in [5.41, 5.74) is 3.43. The molecule has 2 aliphatic heterocycles. The molecule has 0 unspecified atom stereocenters. The second-order valence-electron chi connectivity index (χ2n) is 7.05. The van der Waals surface area contributed by atoms with Crippen molar-refractivity contribution in [1.82, 2.24) is 14.7 Å². The maximum Gasteiger partial charge on any atom is 0.320 e. The molecular weight excluding hydrogens is 362 g/mol. The zero-order valence-electron chi connectivity index (χ0n) is 15.1. The monoisotopic (exact) mass is 383 g/mol. The Balaban J connectivity index is 1.36. The van der Waals surface area contributed by atoms with E-state index in [1.54, 1.807) is 9.80 Å². The first-order valence-corrected chi connectivity index (χ1v) is 9.61. The fraction of sp³-hybridized carbons (Fsp3) is 0.333. The Morgan fingerprint density at radius 3 is 2.44 bits per heavy atom. The van der Waals surface area contributed by atoms with E-state index < -0.39 is 0 Å². The lowest BCUT2D eigenvalue weighted by atomic mass is 10.00. The topological polar surface area (TPSA) is 43.9 Å². The average molecular weight is 384 g/mol. The molecule has 2 aliphatic rings. The van der Waals surface area contributed by atoms with Crippen LogP contribution < -0.4 is 0 Å². The van der Waals surface area contributed by atoms with Crippen molar-refractivity contribution in [3.05, 3.63) is 70.2 Å². The first kappa shape index (κ1) is 17.9. The molecule has 2 aromatic carbocycles. The van der Waals surface area contributed by atoms with Gasteiger partial charge in [0.25, 0.3) is 0 Å². The molecule has 0 aliphatic carbocycles. The van der Waals surface area contributed by atoms with Crippen LogP contribution in [0.25, 0.3) is 0 Å². The van der Waals surface area contributed by atoms with Crippen LogP contribution in [0.1, 0.15) is 16.7 Å². The number of benzene rings is 2. The van der Waals surface area contributed by atoms with Crippen LogP contribution in [0.15, 0.2) is 48.5 Å². The molecule has 2 heterocycles. The maximum absolute atomic E-state index is 12.7. The van der Waals surface area contributed by atoms with Gasteiger partial charge in [0, 0.05) is 37.7 Å². The van der Waals surface area contributed by atoms with Crippen molar-refractivity contribution >= 4 is 23.5 Å². The van der Waals surface area contributed by atoms with Crippen LogP contribution in [-0.4, -0.2) is 52.8 Å². The van der Waals surface area contributed by atoms with Gasteiger partial charge in [-0.25, -0.2) is 4.79 Å². The van der Waals surface area contributed by atoms with E-state index in [9.17, 15) is 9.59 Å². The molecule has 0 atom stereocenters. The zero-order chi connectivity index (χ0) is 18.8. The van der Waals surface area contributed by atoms with Crippen LogP contribution in [0.3, 0.4) is 0 Å². The van der Waals surface area contributed by atoms with Crippen molar-refractivity contribution in [3.8, 4) is 0 Å². The Morgan fingerprint density at radius 2 is 1.63 bits per heavy atom. The Bertz CT molecular complexity index is 870. The highest BCUT2D eigenvalue weighted by Crippen LogP contribution is 2.21. The number of urea groups is 1. The number of amides is 3. The van der Waals surface area contributed by atoms with Crippen molar-refractivity contribution < 1.29 is 9.59 Å². The highest BCUT2D eigenvalue weighted by molar-refractivity contribution is 6.31. The molecule has 0 N–H and O–H groups in total. The van der Waals surface area contributed by atoms with Crippen molar-refractivity contribution in [2.24, 2.45) is 0 Å². The van der Waals surface area contributed by atoms with Crippen LogP contribution in [0, 0.1) is 0 Å². The van der Waals surface area contributed by atoms with Gasteiger partial charge < -0.3 is 14.7 Å². The molecule has 0 bridgehead atoms.